The van der Waals surface area contributed by atoms with Gasteiger partial charge in [0.1, 0.15) is 43.7 Å². The predicted octanol–water partition coefficient (Wildman–Crippen LogP) is 2.97. The predicted molar refractivity (Wildman–Crippen MR) is 193 cm³/mol. The number of ether oxygens (including phenoxy) is 6. The van der Waals surface area contributed by atoms with Crippen LogP contribution in [0.2, 0.25) is 0 Å². The molecule has 1 fully saturated rings. The van der Waals surface area contributed by atoms with E-state index in [0.717, 1.165) is 24.8 Å². The Kier molecular flexibility index (Phi) is 25.3. The zero-order chi connectivity index (χ0) is 39.9. The molecule has 8 atom stereocenters. The van der Waals surface area contributed by atoms with Crippen molar-refractivity contribution in [1.82, 2.24) is 5.32 Å². The van der Waals surface area contributed by atoms with Gasteiger partial charge in [-0.3, -0.25) is 13.7 Å². The molecular weight excluding hydrogens is 744 g/mol. The average Bonchev–Trinajstić information content (AvgIpc) is 3.11. The van der Waals surface area contributed by atoms with E-state index in [9.17, 15) is 39.5 Å². The fourth-order valence-electron chi connectivity index (χ4n) is 4.65. The minimum absolute atomic E-state index is 0.0548. The summed E-state index contributed by atoms with van der Waals surface area (Å²) in [7, 11) is -6.42. The molecule has 0 aromatic carbocycles. The molecule has 0 aliphatic carbocycles. The van der Waals surface area contributed by atoms with E-state index in [1.165, 1.54) is 25.4 Å². The van der Waals surface area contributed by atoms with Crippen LogP contribution in [0.25, 0.3) is 0 Å². The zero-order valence-electron chi connectivity index (χ0n) is 31.6. The molecule has 53 heavy (non-hydrogen) atoms. The molecule has 20 heteroatoms. The lowest BCUT2D eigenvalue weighted by Crippen LogP contribution is -2.64. The Morgan fingerprint density at radius 2 is 1.45 bits per heavy atom. The molecule has 310 valence electrons. The summed E-state index contributed by atoms with van der Waals surface area (Å²) < 4.78 is 73.5. The maximum absolute atomic E-state index is 13.4. The number of nitrogens with one attached hydrogen (secondary N) is 1. The zero-order valence-corrected chi connectivity index (χ0v) is 33.4. The Balaban J connectivity index is 2.81. The van der Waals surface area contributed by atoms with Gasteiger partial charge in [0.2, 0.25) is 0 Å². The first kappa shape index (κ1) is 49.4. The molecule has 1 saturated heterocycles. The monoisotopic (exact) mass is 805 g/mol. The van der Waals surface area contributed by atoms with Crippen LogP contribution in [0.4, 0.5) is 4.79 Å². The standard InChI is InChI=1S/C33H61NO17P2/c1-24(2)9-7-10-25(3)11-8-12-26(4)13-14-48-52(41,22-36)51-53(42,23-37)50-32-31(39)30(38)29(28(19-35)49-32)34-33(40)47-21-27(46-18-16-44-6)20-45-17-15-43-5/h9,11,13,27-32,35-39H,7-8,10,12,14-23H2,1-6H3,(H,34,40)/b25-11+,26-13-/t27?,28?,29-,30+,31?,32-,52-,53+/m1/s1. The molecule has 1 amide bonds. The van der Waals surface area contributed by atoms with E-state index in [1.807, 2.05) is 6.92 Å². The fourth-order valence-corrected chi connectivity index (χ4v) is 7.86. The number of carbonyl (C=O) groups excluding carboxylic acids is 1. The Hall–Kier alpha value is -1.57. The van der Waals surface area contributed by atoms with Crippen molar-refractivity contribution in [1.29, 1.82) is 0 Å². The molecule has 3 unspecified atom stereocenters. The molecule has 0 aromatic rings. The van der Waals surface area contributed by atoms with Crippen LogP contribution in [0.15, 0.2) is 34.9 Å². The van der Waals surface area contributed by atoms with Crippen molar-refractivity contribution >= 4 is 21.3 Å². The number of methoxy groups -OCH3 is 2. The van der Waals surface area contributed by atoms with E-state index in [2.05, 4.69) is 38.2 Å². The molecule has 18 nitrogen and oxygen atoms in total. The first-order valence-electron chi connectivity index (χ1n) is 17.3. The van der Waals surface area contributed by atoms with Crippen molar-refractivity contribution in [2.24, 2.45) is 0 Å². The number of alkyl carbamates (subject to hydrolysis) is 1. The maximum Gasteiger partial charge on any atom is 0.407 e. The fraction of sp³-hybridized carbons (Fsp3) is 0.788. The third-order valence-electron chi connectivity index (χ3n) is 7.63. The van der Waals surface area contributed by atoms with Gasteiger partial charge in [-0.1, -0.05) is 34.9 Å². The first-order chi connectivity index (χ1) is 25.2. The van der Waals surface area contributed by atoms with Crippen LogP contribution in [0.5, 0.6) is 0 Å². The SMILES string of the molecule is COCCOCC(COC(=O)N[C@@H]1C(CO)O[C@H](O[P@@](=O)(CO)O[P@@](=O)(CO)OC/C=C(/C)CC/C=C(\C)CCC=C(C)C)C(O)[C@H]1O)OCCOC. The van der Waals surface area contributed by atoms with Crippen molar-refractivity contribution < 1.29 is 81.2 Å². The summed E-state index contributed by atoms with van der Waals surface area (Å²) >= 11 is 0. The summed E-state index contributed by atoms with van der Waals surface area (Å²) in [5.41, 5.74) is 3.42. The van der Waals surface area contributed by atoms with E-state index in [-0.39, 0.29) is 39.6 Å². The van der Waals surface area contributed by atoms with E-state index in [0.29, 0.717) is 13.0 Å². The Bertz CT molecular complexity index is 1230. The second kappa shape index (κ2) is 27.1. The number of carbonyl (C=O) groups is 1. The Morgan fingerprint density at radius 1 is 0.830 bits per heavy atom. The molecule has 0 spiro atoms. The normalized spacial score (nSPS) is 23.9. The van der Waals surface area contributed by atoms with E-state index < -0.39 is 77.3 Å². The summed E-state index contributed by atoms with van der Waals surface area (Å²) in [5.74, 6) is 0. The van der Waals surface area contributed by atoms with Crippen LogP contribution < -0.4 is 5.32 Å². The molecule has 1 rings (SSSR count). The van der Waals surface area contributed by atoms with Gasteiger partial charge in [0.15, 0.2) is 6.29 Å². The number of aliphatic hydroxyl groups is 5. The molecule has 0 radical (unpaired) electrons. The number of allylic oxidation sites excluding steroid dienone is 5. The Labute approximate surface area is 312 Å². The second-order valence-electron chi connectivity index (χ2n) is 12.5. The molecule has 0 aromatic heterocycles. The van der Waals surface area contributed by atoms with Gasteiger partial charge in [-0.25, -0.2) is 9.11 Å². The highest BCUT2D eigenvalue weighted by Crippen LogP contribution is 2.64. The van der Waals surface area contributed by atoms with Gasteiger partial charge in [0, 0.05) is 14.2 Å². The number of amides is 1. The quantitative estimate of drug-likeness (QED) is 0.0378. The molecule has 1 aliphatic rings. The van der Waals surface area contributed by atoms with Crippen molar-refractivity contribution in [3.05, 3.63) is 34.9 Å². The summed E-state index contributed by atoms with van der Waals surface area (Å²) in [6.07, 6.45) is -2.53. The summed E-state index contributed by atoms with van der Waals surface area (Å²) in [6, 6.07) is -1.47. The third kappa shape index (κ3) is 20.2. The van der Waals surface area contributed by atoms with E-state index >= 15 is 0 Å². The molecule has 0 bridgehead atoms. The van der Waals surface area contributed by atoms with Crippen molar-refractivity contribution in [2.75, 3.05) is 79.8 Å². The summed E-state index contributed by atoms with van der Waals surface area (Å²) in [5, 5.41) is 53.5. The molecule has 1 aliphatic heterocycles. The van der Waals surface area contributed by atoms with Crippen LogP contribution in [0.3, 0.4) is 0 Å². The number of rotatable bonds is 28. The maximum atomic E-state index is 13.4. The van der Waals surface area contributed by atoms with Crippen LogP contribution >= 0.6 is 15.2 Å². The van der Waals surface area contributed by atoms with Crippen molar-refractivity contribution in [2.45, 2.75) is 90.1 Å². The highest BCUT2D eigenvalue weighted by atomic mass is 31.3. The van der Waals surface area contributed by atoms with Gasteiger partial charge in [-0.2, -0.15) is 0 Å². The number of hydrogen-bond acceptors (Lipinski definition) is 17. The second-order valence-corrected chi connectivity index (χ2v) is 16.6. The van der Waals surface area contributed by atoms with E-state index in [4.69, 9.17) is 41.8 Å². The largest absolute Gasteiger partial charge is 0.447 e. The summed E-state index contributed by atoms with van der Waals surface area (Å²) in [6.45, 7) is 7.71. The average molecular weight is 806 g/mol. The number of aliphatic hydroxyl groups excluding tert-OH is 5. The van der Waals surface area contributed by atoms with Crippen LogP contribution in [0.1, 0.15) is 53.4 Å². The smallest absolute Gasteiger partial charge is 0.407 e. The Morgan fingerprint density at radius 3 is 2.06 bits per heavy atom. The lowest BCUT2D eigenvalue weighted by Gasteiger charge is -2.42. The highest BCUT2D eigenvalue weighted by Gasteiger charge is 2.49. The van der Waals surface area contributed by atoms with E-state index in [1.54, 1.807) is 6.08 Å². The molecule has 6 N–H and O–H groups in total. The van der Waals surface area contributed by atoms with Crippen LogP contribution in [-0.4, -0.2) is 148 Å². The molecule has 1 heterocycles. The van der Waals surface area contributed by atoms with Crippen LogP contribution in [-0.2, 0) is 50.9 Å². The third-order valence-corrected chi connectivity index (χ3v) is 11.4. The first-order valence-corrected chi connectivity index (χ1v) is 20.7. The lowest BCUT2D eigenvalue weighted by molar-refractivity contribution is -0.252. The van der Waals surface area contributed by atoms with Crippen molar-refractivity contribution in [3.63, 3.8) is 0 Å². The van der Waals surface area contributed by atoms with Crippen LogP contribution in [0, 0.1) is 0 Å². The molecule has 0 saturated carbocycles. The minimum Gasteiger partial charge on any atom is -0.447 e. The van der Waals surface area contributed by atoms with Gasteiger partial charge < -0.3 is 63.8 Å². The number of hydrogen-bond donors (Lipinski definition) is 6. The van der Waals surface area contributed by atoms with Gasteiger partial charge in [0.05, 0.1) is 52.3 Å². The van der Waals surface area contributed by atoms with Gasteiger partial charge in [-0.15, -0.1) is 0 Å². The minimum atomic E-state index is -4.87. The van der Waals surface area contributed by atoms with Gasteiger partial charge in [0.25, 0.3) is 0 Å². The topological polar surface area (TPSA) is 247 Å². The highest BCUT2D eigenvalue weighted by molar-refractivity contribution is 7.67. The van der Waals surface area contributed by atoms with Crippen molar-refractivity contribution in [3.8, 4) is 0 Å². The molecular formula is C33H61NO17P2. The van der Waals surface area contributed by atoms with Gasteiger partial charge in [-0.05, 0) is 53.4 Å². The summed E-state index contributed by atoms with van der Waals surface area (Å²) in [4.78, 5) is 12.6. The van der Waals surface area contributed by atoms with Gasteiger partial charge >= 0.3 is 21.3 Å². The lowest BCUT2D eigenvalue weighted by atomic mass is 9.96.